The molecule has 1 unspecified atom stereocenters. The summed E-state index contributed by atoms with van der Waals surface area (Å²) < 4.78 is 0. The summed E-state index contributed by atoms with van der Waals surface area (Å²) in [4.78, 5) is 12.2. The van der Waals surface area contributed by atoms with Gasteiger partial charge in [-0.05, 0) is 26.2 Å². The lowest BCUT2D eigenvalue weighted by atomic mass is 10.0. The van der Waals surface area contributed by atoms with E-state index in [1.54, 1.807) is 5.01 Å². The first-order chi connectivity index (χ1) is 7.74. The monoisotopic (exact) mass is 222 g/mol. The number of hydrogen-bond donors (Lipinski definition) is 0. The van der Waals surface area contributed by atoms with E-state index in [0.29, 0.717) is 6.04 Å². The minimum absolute atomic E-state index is 0.0586. The van der Waals surface area contributed by atoms with Crippen LogP contribution in [-0.2, 0) is 4.79 Å². The molecule has 1 aliphatic carbocycles. The smallest absolute Gasteiger partial charge is 0.251 e. The van der Waals surface area contributed by atoms with E-state index in [-0.39, 0.29) is 11.8 Å². The summed E-state index contributed by atoms with van der Waals surface area (Å²) in [5.41, 5.74) is 1.01. The molecule has 16 heavy (non-hydrogen) atoms. The fourth-order valence-electron chi connectivity index (χ4n) is 2.86. The van der Waals surface area contributed by atoms with Gasteiger partial charge in [0.1, 0.15) is 0 Å². The average Bonchev–Trinajstić information content (AvgIpc) is 2.49. The molecular formula is C13H22N2O. The first kappa shape index (κ1) is 11.6. The van der Waals surface area contributed by atoms with Crippen LogP contribution in [0.15, 0.2) is 5.10 Å². The minimum atomic E-state index is 0.0586. The number of rotatable bonds is 2. The molecule has 2 aliphatic rings. The molecular weight excluding hydrogens is 200 g/mol. The van der Waals surface area contributed by atoms with E-state index in [2.05, 4.69) is 12.0 Å². The van der Waals surface area contributed by atoms with Gasteiger partial charge in [-0.3, -0.25) is 4.79 Å². The number of nitrogens with zero attached hydrogens (tertiary/aromatic N) is 2. The molecule has 0 bridgehead atoms. The molecule has 1 fully saturated rings. The zero-order valence-electron chi connectivity index (χ0n) is 10.4. The van der Waals surface area contributed by atoms with Crippen LogP contribution >= 0.6 is 0 Å². The Kier molecular flexibility index (Phi) is 3.62. The summed E-state index contributed by atoms with van der Waals surface area (Å²) in [5.74, 6) is 0.301. The van der Waals surface area contributed by atoms with Crippen molar-refractivity contribution in [2.45, 2.75) is 64.8 Å². The quantitative estimate of drug-likeness (QED) is 0.661. The predicted molar refractivity (Wildman–Crippen MR) is 65.2 cm³/mol. The van der Waals surface area contributed by atoms with Crippen LogP contribution in [0.4, 0.5) is 0 Å². The first-order valence-electron chi connectivity index (χ1n) is 6.62. The van der Waals surface area contributed by atoms with Crippen LogP contribution in [-0.4, -0.2) is 22.7 Å². The lowest BCUT2D eigenvalue weighted by Crippen LogP contribution is -2.35. The van der Waals surface area contributed by atoms with Crippen LogP contribution < -0.4 is 0 Å². The summed E-state index contributed by atoms with van der Waals surface area (Å²) in [6.07, 6.45) is 8.30. The highest BCUT2D eigenvalue weighted by Gasteiger charge is 2.35. The lowest BCUT2D eigenvalue weighted by molar-refractivity contribution is -0.134. The van der Waals surface area contributed by atoms with Crippen LogP contribution in [0, 0.1) is 5.92 Å². The SMILES string of the molecule is CCC1C(=O)N(C2CCCCCC2)N=C1C. The van der Waals surface area contributed by atoms with Gasteiger partial charge in [0, 0.05) is 5.71 Å². The maximum absolute atomic E-state index is 12.2. The fourth-order valence-corrected chi connectivity index (χ4v) is 2.86. The van der Waals surface area contributed by atoms with Gasteiger partial charge >= 0.3 is 0 Å². The van der Waals surface area contributed by atoms with Gasteiger partial charge in [-0.15, -0.1) is 0 Å². The van der Waals surface area contributed by atoms with E-state index < -0.39 is 0 Å². The van der Waals surface area contributed by atoms with Gasteiger partial charge in [0.2, 0.25) is 0 Å². The second-order valence-electron chi connectivity index (χ2n) is 5.03. The maximum atomic E-state index is 12.2. The highest BCUT2D eigenvalue weighted by atomic mass is 16.2. The van der Waals surface area contributed by atoms with E-state index >= 15 is 0 Å². The zero-order chi connectivity index (χ0) is 11.5. The second-order valence-corrected chi connectivity index (χ2v) is 5.03. The molecule has 1 aliphatic heterocycles. The average molecular weight is 222 g/mol. The standard InChI is InChI=1S/C13H22N2O/c1-3-12-10(2)14-15(13(12)16)11-8-6-4-5-7-9-11/h11-12H,3-9H2,1-2H3. The third-order valence-electron chi connectivity index (χ3n) is 3.87. The summed E-state index contributed by atoms with van der Waals surface area (Å²) in [6, 6.07) is 0.376. The van der Waals surface area contributed by atoms with E-state index in [1.807, 2.05) is 6.92 Å². The third-order valence-corrected chi connectivity index (χ3v) is 3.87. The molecule has 1 saturated carbocycles. The van der Waals surface area contributed by atoms with Crippen LogP contribution in [0.3, 0.4) is 0 Å². The van der Waals surface area contributed by atoms with E-state index in [0.717, 1.165) is 25.0 Å². The molecule has 2 rings (SSSR count). The van der Waals surface area contributed by atoms with E-state index in [1.165, 1.54) is 25.7 Å². The summed E-state index contributed by atoms with van der Waals surface area (Å²) in [6.45, 7) is 4.06. The largest absolute Gasteiger partial charge is 0.272 e. The molecule has 1 heterocycles. The molecule has 1 atom stereocenters. The highest BCUT2D eigenvalue weighted by Crippen LogP contribution is 2.28. The molecule has 0 radical (unpaired) electrons. The molecule has 0 N–H and O–H groups in total. The Balaban J connectivity index is 2.07. The molecule has 3 heteroatoms. The van der Waals surface area contributed by atoms with Crippen molar-refractivity contribution in [3.8, 4) is 0 Å². The van der Waals surface area contributed by atoms with E-state index in [4.69, 9.17) is 0 Å². The normalized spacial score (nSPS) is 28.1. The van der Waals surface area contributed by atoms with Crippen LogP contribution in [0.1, 0.15) is 58.8 Å². The fraction of sp³-hybridized carbons (Fsp3) is 0.846. The zero-order valence-corrected chi connectivity index (χ0v) is 10.4. The Labute approximate surface area is 97.9 Å². The van der Waals surface area contributed by atoms with Crippen molar-refractivity contribution in [1.82, 2.24) is 5.01 Å². The van der Waals surface area contributed by atoms with Crippen molar-refractivity contribution in [1.29, 1.82) is 0 Å². The number of carbonyl (C=O) groups is 1. The Morgan fingerprint density at radius 2 is 1.88 bits per heavy atom. The minimum Gasteiger partial charge on any atom is -0.272 e. The third kappa shape index (κ3) is 2.13. The molecule has 0 aromatic heterocycles. The lowest BCUT2D eigenvalue weighted by Gasteiger charge is -2.23. The molecule has 3 nitrogen and oxygen atoms in total. The van der Waals surface area contributed by atoms with Gasteiger partial charge in [-0.1, -0.05) is 32.6 Å². The van der Waals surface area contributed by atoms with Crippen molar-refractivity contribution in [3.63, 3.8) is 0 Å². The molecule has 0 aromatic carbocycles. The molecule has 0 aromatic rings. The van der Waals surface area contributed by atoms with E-state index in [9.17, 15) is 4.79 Å². The van der Waals surface area contributed by atoms with Gasteiger partial charge in [0.25, 0.3) is 5.91 Å². The molecule has 0 spiro atoms. The van der Waals surface area contributed by atoms with Crippen molar-refractivity contribution < 1.29 is 4.79 Å². The first-order valence-corrected chi connectivity index (χ1v) is 6.62. The van der Waals surface area contributed by atoms with Gasteiger partial charge < -0.3 is 0 Å². The van der Waals surface area contributed by atoms with Gasteiger partial charge in [0.05, 0.1) is 12.0 Å². The maximum Gasteiger partial charge on any atom is 0.251 e. The predicted octanol–water partition coefficient (Wildman–Crippen LogP) is 2.95. The summed E-state index contributed by atoms with van der Waals surface area (Å²) >= 11 is 0. The number of hydrogen-bond acceptors (Lipinski definition) is 2. The summed E-state index contributed by atoms with van der Waals surface area (Å²) in [7, 11) is 0. The second kappa shape index (κ2) is 4.98. The Bertz CT molecular complexity index is 290. The molecule has 90 valence electrons. The van der Waals surface area contributed by atoms with Crippen LogP contribution in [0.25, 0.3) is 0 Å². The summed E-state index contributed by atoms with van der Waals surface area (Å²) in [5, 5.41) is 6.29. The van der Waals surface area contributed by atoms with Gasteiger partial charge in [-0.2, -0.15) is 5.10 Å². The number of carbonyl (C=O) groups excluding carboxylic acids is 1. The van der Waals surface area contributed by atoms with Crippen molar-refractivity contribution in [3.05, 3.63) is 0 Å². The van der Waals surface area contributed by atoms with Crippen LogP contribution in [0.5, 0.6) is 0 Å². The Morgan fingerprint density at radius 1 is 1.25 bits per heavy atom. The van der Waals surface area contributed by atoms with Crippen LogP contribution in [0.2, 0.25) is 0 Å². The van der Waals surface area contributed by atoms with Crippen molar-refractivity contribution >= 4 is 11.6 Å². The highest BCUT2D eigenvalue weighted by molar-refractivity contribution is 6.06. The van der Waals surface area contributed by atoms with Gasteiger partial charge in [0.15, 0.2) is 0 Å². The Morgan fingerprint density at radius 3 is 2.38 bits per heavy atom. The number of hydrazone groups is 1. The van der Waals surface area contributed by atoms with Crippen molar-refractivity contribution in [2.75, 3.05) is 0 Å². The topological polar surface area (TPSA) is 32.7 Å². The molecule has 0 saturated heterocycles. The molecule has 1 amide bonds. The van der Waals surface area contributed by atoms with Crippen molar-refractivity contribution in [2.24, 2.45) is 11.0 Å². The number of amides is 1. The van der Waals surface area contributed by atoms with Gasteiger partial charge in [-0.25, -0.2) is 5.01 Å². The Hall–Kier alpha value is -0.860.